The van der Waals surface area contributed by atoms with E-state index in [-0.39, 0.29) is 11.8 Å². The van der Waals surface area contributed by atoms with E-state index in [0.29, 0.717) is 19.7 Å². The highest BCUT2D eigenvalue weighted by atomic mass is 16.5. The summed E-state index contributed by atoms with van der Waals surface area (Å²) in [6, 6.07) is 7.85. The van der Waals surface area contributed by atoms with E-state index in [2.05, 4.69) is 5.32 Å². The molecule has 0 fully saturated rings. The van der Waals surface area contributed by atoms with Gasteiger partial charge in [0.15, 0.2) is 0 Å². The lowest BCUT2D eigenvalue weighted by Gasteiger charge is -2.24. The summed E-state index contributed by atoms with van der Waals surface area (Å²) < 4.78 is 5.59. The van der Waals surface area contributed by atoms with E-state index in [1.807, 2.05) is 36.4 Å². The molecule has 2 rings (SSSR count). The maximum atomic E-state index is 11.9. The van der Waals surface area contributed by atoms with Gasteiger partial charge in [0.2, 0.25) is 5.91 Å². The smallest absolute Gasteiger partial charge is 0.227 e. The third-order valence-electron chi connectivity index (χ3n) is 2.95. The predicted molar refractivity (Wildman–Crippen MR) is 70.3 cm³/mol. The summed E-state index contributed by atoms with van der Waals surface area (Å²) in [7, 11) is 0. The fourth-order valence-electron chi connectivity index (χ4n) is 1.98. The van der Waals surface area contributed by atoms with Gasteiger partial charge >= 0.3 is 0 Å². The van der Waals surface area contributed by atoms with E-state index >= 15 is 0 Å². The van der Waals surface area contributed by atoms with Gasteiger partial charge in [-0.2, -0.15) is 0 Å². The lowest BCUT2D eigenvalue weighted by atomic mass is 9.96. The monoisotopic (exact) mass is 246 g/mol. The molecule has 96 valence electrons. The molecule has 1 heterocycles. The molecule has 18 heavy (non-hydrogen) atoms. The summed E-state index contributed by atoms with van der Waals surface area (Å²) in [6.07, 6.45) is 4.42. The van der Waals surface area contributed by atoms with E-state index in [0.717, 1.165) is 17.7 Å². The van der Waals surface area contributed by atoms with Crippen LogP contribution in [0.1, 0.15) is 5.56 Å². The number of nitrogens with two attached hydrogens (primary N) is 1. The summed E-state index contributed by atoms with van der Waals surface area (Å²) in [5.74, 6) is 0.821. The minimum Gasteiger partial charge on any atom is -0.492 e. The minimum absolute atomic E-state index is 0.0335. The van der Waals surface area contributed by atoms with Crippen LogP contribution < -0.4 is 15.8 Å². The van der Waals surface area contributed by atoms with Gasteiger partial charge in [-0.1, -0.05) is 30.4 Å². The zero-order valence-electron chi connectivity index (χ0n) is 10.3. The fraction of sp³-hybridized carbons (Fsp3) is 0.357. The van der Waals surface area contributed by atoms with Gasteiger partial charge in [-0.05, 0) is 18.1 Å². The van der Waals surface area contributed by atoms with Crippen LogP contribution in [0, 0.1) is 5.92 Å². The maximum absolute atomic E-state index is 11.9. The maximum Gasteiger partial charge on any atom is 0.227 e. The standard InChI is InChI=1S/C14H18N2O2/c15-7-3-4-8-16-14(17)12-9-11-5-1-2-6-13(11)18-10-12/h1-6,12H,7-10,15H2,(H,16,17)/b4-3+. The molecule has 4 nitrogen and oxygen atoms in total. The van der Waals surface area contributed by atoms with Gasteiger partial charge < -0.3 is 15.8 Å². The Morgan fingerprint density at radius 3 is 3.11 bits per heavy atom. The number of carbonyl (C=O) groups is 1. The van der Waals surface area contributed by atoms with Crippen molar-refractivity contribution < 1.29 is 9.53 Å². The number of para-hydroxylation sites is 1. The summed E-state index contributed by atoms with van der Waals surface area (Å²) in [5.41, 5.74) is 6.42. The Morgan fingerprint density at radius 1 is 1.44 bits per heavy atom. The second kappa shape index (κ2) is 6.21. The Labute approximate surface area is 107 Å². The highest BCUT2D eigenvalue weighted by molar-refractivity contribution is 5.79. The average Bonchev–Trinajstić information content (AvgIpc) is 2.43. The van der Waals surface area contributed by atoms with Crippen molar-refractivity contribution in [3.05, 3.63) is 42.0 Å². The molecular formula is C14H18N2O2. The summed E-state index contributed by atoms with van der Waals surface area (Å²) in [4.78, 5) is 11.9. The van der Waals surface area contributed by atoms with Gasteiger partial charge in [0.1, 0.15) is 12.4 Å². The second-order valence-corrected chi connectivity index (χ2v) is 4.27. The van der Waals surface area contributed by atoms with Crippen molar-refractivity contribution in [1.29, 1.82) is 0 Å². The Balaban J connectivity index is 1.88. The molecule has 0 saturated carbocycles. The van der Waals surface area contributed by atoms with E-state index in [1.54, 1.807) is 0 Å². The Morgan fingerprint density at radius 2 is 2.28 bits per heavy atom. The number of rotatable bonds is 4. The molecule has 0 spiro atoms. The third-order valence-corrected chi connectivity index (χ3v) is 2.95. The van der Waals surface area contributed by atoms with Crippen molar-refractivity contribution >= 4 is 5.91 Å². The SMILES string of the molecule is NC/C=C/CNC(=O)C1COc2ccccc2C1. The first-order chi connectivity index (χ1) is 8.81. The van der Waals surface area contributed by atoms with E-state index in [1.165, 1.54) is 0 Å². The first-order valence-electron chi connectivity index (χ1n) is 6.14. The van der Waals surface area contributed by atoms with Crippen molar-refractivity contribution in [2.75, 3.05) is 19.7 Å². The molecule has 3 N–H and O–H groups in total. The minimum atomic E-state index is -0.105. The van der Waals surface area contributed by atoms with Crippen LogP contribution >= 0.6 is 0 Å². The molecule has 0 saturated heterocycles. The molecule has 1 aliphatic rings. The zero-order chi connectivity index (χ0) is 12.8. The van der Waals surface area contributed by atoms with Crippen LogP contribution in [-0.2, 0) is 11.2 Å². The van der Waals surface area contributed by atoms with E-state index in [4.69, 9.17) is 10.5 Å². The number of hydrogen-bond acceptors (Lipinski definition) is 3. The normalized spacial score (nSPS) is 18.2. The van der Waals surface area contributed by atoms with Gasteiger partial charge in [0.05, 0.1) is 5.92 Å². The lowest BCUT2D eigenvalue weighted by Crippen LogP contribution is -2.37. The highest BCUT2D eigenvalue weighted by Gasteiger charge is 2.25. The molecule has 1 aromatic carbocycles. The number of benzene rings is 1. The highest BCUT2D eigenvalue weighted by Crippen LogP contribution is 2.26. The topological polar surface area (TPSA) is 64.3 Å². The van der Waals surface area contributed by atoms with Crippen molar-refractivity contribution in [3.63, 3.8) is 0 Å². The van der Waals surface area contributed by atoms with Gasteiger partial charge in [0, 0.05) is 13.1 Å². The van der Waals surface area contributed by atoms with Crippen LogP contribution in [0.5, 0.6) is 5.75 Å². The number of ether oxygens (including phenoxy) is 1. The summed E-state index contributed by atoms with van der Waals surface area (Å²) in [5, 5.41) is 2.86. The molecule has 1 amide bonds. The molecule has 0 bridgehead atoms. The largest absolute Gasteiger partial charge is 0.492 e. The average molecular weight is 246 g/mol. The summed E-state index contributed by atoms with van der Waals surface area (Å²) in [6.45, 7) is 1.47. The predicted octanol–water partition coefficient (Wildman–Crippen LogP) is 0.869. The van der Waals surface area contributed by atoms with Crippen LogP contribution in [0.25, 0.3) is 0 Å². The zero-order valence-corrected chi connectivity index (χ0v) is 10.3. The van der Waals surface area contributed by atoms with Crippen molar-refractivity contribution in [1.82, 2.24) is 5.32 Å². The number of fused-ring (bicyclic) bond motifs is 1. The van der Waals surface area contributed by atoms with Crippen LogP contribution in [0.3, 0.4) is 0 Å². The molecule has 1 atom stereocenters. The Bertz CT molecular complexity index is 443. The van der Waals surface area contributed by atoms with Gasteiger partial charge in [-0.25, -0.2) is 0 Å². The van der Waals surface area contributed by atoms with Crippen LogP contribution in [0.2, 0.25) is 0 Å². The lowest BCUT2D eigenvalue weighted by molar-refractivity contribution is -0.126. The number of nitrogens with one attached hydrogen (secondary N) is 1. The van der Waals surface area contributed by atoms with Crippen LogP contribution in [-0.4, -0.2) is 25.6 Å². The van der Waals surface area contributed by atoms with E-state index in [9.17, 15) is 4.79 Å². The quantitative estimate of drug-likeness (QED) is 0.775. The van der Waals surface area contributed by atoms with Crippen LogP contribution in [0.4, 0.5) is 0 Å². The van der Waals surface area contributed by atoms with Crippen molar-refractivity contribution in [3.8, 4) is 5.75 Å². The van der Waals surface area contributed by atoms with Crippen molar-refractivity contribution in [2.45, 2.75) is 6.42 Å². The van der Waals surface area contributed by atoms with Gasteiger partial charge in [-0.3, -0.25) is 4.79 Å². The number of hydrogen-bond donors (Lipinski definition) is 2. The Kier molecular flexibility index (Phi) is 4.36. The Hall–Kier alpha value is -1.81. The molecular weight excluding hydrogens is 228 g/mol. The number of amides is 1. The fourth-order valence-corrected chi connectivity index (χ4v) is 1.98. The molecule has 4 heteroatoms. The molecule has 0 aromatic heterocycles. The molecule has 1 aliphatic heterocycles. The van der Waals surface area contributed by atoms with Crippen molar-refractivity contribution in [2.24, 2.45) is 11.7 Å². The van der Waals surface area contributed by atoms with Gasteiger partial charge in [-0.15, -0.1) is 0 Å². The molecule has 0 aliphatic carbocycles. The summed E-state index contributed by atoms with van der Waals surface area (Å²) >= 11 is 0. The third kappa shape index (κ3) is 3.11. The van der Waals surface area contributed by atoms with E-state index < -0.39 is 0 Å². The van der Waals surface area contributed by atoms with Crippen LogP contribution in [0.15, 0.2) is 36.4 Å². The molecule has 0 radical (unpaired) electrons. The molecule has 1 aromatic rings. The first kappa shape index (κ1) is 12.6. The second-order valence-electron chi connectivity index (χ2n) is 4.27. The molecule has 1 unspecified atom stereocenters. The van der Waals surface area contributed by atoms with Gasteiger partial charge in [0.25, 0.3) is 0 Å². The number of carbonyl (C=O) groups excluding carboxylic acids is 1. The first-order valence-corrected chi connectivity index (χ1v) is 6.14.